The average molecular weight is 297 g/mol. The summed E-state index contributed by atoms with van der Waals surface area (Å²) in [6.45, 7) is 0. The van der Waals surface area contributed by atoms with Crippen molar-refractivity contribution in [1.82, 2.24) is 10.2 Å². The lowest BCUT2D eigenvalue weighted by atomic mass is 10.1. The van der Waals surface area contributed by atoms with Crippen LogP contribution in [0.1, 0.15) is 10.5 Å². The highest BCUT2D eigenvalue weighted by atomic mass is 16.5. The molecule has 0 bridgehead atoms. The SMILES string of the molecule is COc1cc2[nH]nc(C(=O)Nc3ccccc3)c2cc1OC. The van der Waals surface area contributed by atoms with Gasteiger partial charge in [0, 0.05) is 17.1 Å². The molecule has 112 valence electrons. The van der Waals surface area contributed by atoms with Crippen LogP contribution < -0.4 is 14.8 Å². The van der Waals surface area contributed by atoms with Crippen molar-refractivity contribution in [3.05, 3.63) is 48.2 Å². The van der Waals surface area contributed by atoms with Gasteiger partial charge in [0.25, 0.3) is 5.91 Å². The summed E-state index contributed by atoms with van der Waals surface area (Å²) in [7, 11) is 3.11. The molecule has 1 aromatic heterocycles. The Hall–Kier alpha value is -3.02. The number of rotatable bonds is 4. The third-order valence-corrected chi connectivity index (χ3v) is 3.31. The minimum atomic E-state index is -0.287. The number of ether oxygens (including phenoxy) is 2. The largest absolute Gasteiger partial charge is 0.493 e. The van der Waals surface area contributed by atoms with Crippen LogP contribution in [0.15, 0.2) is 42.5 Å². The Kier molecular flexibility index (Phi) is 3.65. The molecule has 0 radical (unpaired) electrons. The Balaban J connectivity index is 1.98. The van der Waals surface area contributed by atoms with E-state index in [4.69, 9.17) is 9.47 Å². The van der Waals surface area contributed by atoms with Crippen LogP contribution in [0.5, 0.6) is 11.5 Å². The van der Waals surface area contributed by atoms with Crippen molar-refractivity contribution in [2.45, 2.75) is 0 Å². The predicted molar refractivity (Wildman–Crippen MR) is 83.6 cm³/mol. The third kappa shape index (κ3) is 2.46. The number of nitrogens with one attached hydrogen (secondary N) is 2. The summed E-state index contributed by atoms with van der Waals surface area (Å²) in [6, 6.07) is 12.7. The van der Waals surface area contributed by atoms with E-state index in [-0.39, 0.29) is 5.91 Å². The van der Waals surface area contributed by atoms with Crippen molar-refractivity contribution in [3.8, 4) is 11.5 Å². The molecule has 3 aromatic rings. The first-order valence-corrected chi connectivity index (χ1v) is 6.69. The van der Waals surface area contributed by atoms with Crippen LogP contribution in [0.25, 0.3) is 10.9 Å². The second-order valence-corrected chi connectivity index (χ2v) is 4.65. The topological polar surface area (TPSA) is 76.2 Å². The highest BCUT2D eigenvalue weighted by molar-refractivity contribution is 6.11. The lowest BCUT2D eigenvalue weighted by molar-refractivity contribution is 0.102. The number of para-hydroxylation sites is 1. The molecule has 0 aliphatic carbocycles. The number of fused-ring (bicyclic) bond motifs is 1. The van der Waals surface area contributed by atoms with E-state index in [1.165, 1.54) is 0 Å². The van der Waals surface area contributed by atoms with Gasteiger partial charge in [0.2, 0.25) is 0 Å². The first kappa shape index (κ1) is 13.9. The van der Waals surface area contributed by atoms with Gasteiger partial charge in [-0.1, -0.05) is 18.2 Å². The molecule has 2 aromatic carbocycles. The van der Waals surface area contributed by atoms with E-state index in [1.807, 2.05) is 30.3 Å². The molecule has 1 amide bonds. The molecule has 0 aliphatic rings. The summed E-state index contributed by atoms with van der Waals surface area (Å²) >= 11 is 0. The van der Waals surface area contributed by atoms with Gasteiger partial charge in [0.15, 0.2) is 17.2 Å². The molecule has 6 nitrogen and oxygen atoms in total. The normalized spacial score (nSPS) is 10.5. The van der Waals surface area contributed by atoms with E-state index < -0.39 is 0 Å². The van der Waals surface area contributed by atoms with Gasteiger partial charge in [-0.15, -0.1) is 0 Å². The molecule has 0 unspecified atom stereocenters. The van der Waals surface area contributed by atoms with E-state index in [1.54, 1.807) is 26.4 Å². The molecule has 0 saturated heterocycles. The third-order valence-electron chi connectivity index (χ3n) is 3.31. The number of aromatic nitrogens is 2. The molecule has 0 spiro atoms. The quantitative estimate of drug-likeness (QED) is 0.776. The number of methoxy groups -OCH3 is 2. The summed E-state index contributed by atoms with van der Waals surface area (Å²) in [4.78, 5) is 12.4. The zero-order valence-electron chi connectivity index (χ0n) is 12.2. The fraction of sp³-hybridized carbons (Fsp3) is 0.125. The van der Waals surface area contributed by atoms with Gasteiger partial charge in [-0.25, -0.2) is 0 Å². The molecule has 6 heteroatoms. The molecule has 1 heterocycles. The fourth-order valence-electron chi connectivity index (χ4n) is 2.23. The number of aromatic amines is 1. The molecule has 3 rings (SSSR count). The summed E-state index contributed by atoms with van der Waals surface area (Å²) in [5.41, 5.74) is 1.72. The maximum atomic E-state index is 12.4. The Labute approximate surface area is 127 Å². The van der Waals surface area contributed by atoms with Crippen molar-refractivity contribution in [1.29, 1.82) is 0 Å². The number of anilines is 1. The number of hydrogen-bond acceptors (Lipinski definition) is 4. The second-order valence-electron chi connectivity index (χ2n) is 4.65. The van der Waals surface area contributed by atoms with E-state index in [0.717, 1.165) is 0 Å². The second kappa shape index (κ2) is 5.77. The number of amides is 1. The summed E-state index contributed by atoms with van der Waals surface area (Å²) in [6.07, 6.45) is 0. The van der Waals surface area contributed by atoms with Crippen LogP contribution in [0.4, 0.5) is 5.69 Å². The minimum Gasteiger partial charge on any atom is -0.493 e. The number of hydrogen-bond donors (Lipinski definition) is 2. The van der Waals surface area contributed by atoms with Gasteiger partial charge >= 0.3 is 0 Å². The summed E-state index contributed by atoms with van der Waals surface area (Å²) < 4.78 is 10.5. The van der Waals surface area contributed by atoms with E-state index >= 15 is 0 Å². The van der Waals surface area contributed by atoms with Gasteiger partial charge in [-0.2, -0.15) is 5.10 Å². The molecule has 22 heavy (non-hydrogen) atoms. The first-order chi connectivity index (χ1) is 10.7. The maximum absolute atomic E-state index is 12.4. The molecular formula is C16H15N3O3. The van der Waals surface area contributed by atoms with Crippen LogP contribution in [0.3, 0.4) is 0 Å². The average Bonchev–Trinajstić information content (AvgIpc) is 2.97. The molecule has 0 atom stereocenters. The van der Waals surface area contributed by atoms with Crippen molar-refractivity contribution in [2.75, 3.05) is 19.5 Å². The smallest absolute Gasteiger partial charge is 0.276 e. The number of carbonyl (C=O) groups excluding carboxylic acids is 1. The summed E-state index contributed by atoms with van der Waals surface area (Å²) in [5, 5.41) is 10.4. The van der Waals surface area contributed by atoms with E-state index in [9.17, 15) is 4.79 Å². The minimum absolute atomic E-state index is 0.287. The highest BCUT2D eigenvalue weighted by Crippen LogP contribution is 2.32. The number of benzene rings is 2. The first-order valence-electron chi connectivity index (χ1n) is 6.69. The Bertz CT molecular complexity index is 812. The van der Waals surface area contributed by atoms with Crippen LogP contribution in [0.2, 0.25) is 0 Å². The fourth-order valence-corrected chi connectivity index (χ4v) is 2.23. The molecule has 0 aliphatic heterocycles. The number of nitrogens with zero attached hydrogens (tertiary/aromatic N) is 1. The zero-order valence-corrected chi connectivity index (χ0v) is 12.2. The summed E-state index contributed by atoms with van der Waals surface area (Å²) in [5.74, 6) is 0.837. The molecule has 2 N–H and O–H groups in total. The van der Waals surface area contributed by atoms with Crippen molar-refractivity contribution in [3.63, 3.8) is 0 Å². The number of carbonyl (C=O) groups is 1. The lowest BCUT2D eigenvalue weighted by Crippen LogP contribution is -2.12. The Morgan fingerprint density at radius 3 is 2.45 bits per heavy atom. The maximum Gasteiger partial charge on any atom is 0.276 e. The van der Waals surface area contributed by atoms with Crippen LogP contribution in [-0.4, -0.2) is 30.3 Å². The van der Waals surface area contributed by atoms with E-state index in [2.05, 4.69) is 15.5 Å². The Morgan fingerprint density at radius 1 is 1.09 bits per heavy atom. The van der Waals surface area contributed by atoms with Crippen molar-refractivity contribution >= 4 is 22.5 Å². The number of H-pyrrole nitrogens is 1. The van der Waals surface area contributed by atoms with E-state index in [0.29, 0.717) is 33.8 Å². The van der Waals surface area contributed by atoms with Gasteiger partial charge in [0.1, 0.15) is 0 Å². The highest BCUT2D eigenvalue weighted by Gasteiger charge is 2.17. The molecular weight excluding hydrogens is 282 g/mol. The van der Waals surface area contributed by atoms with Gasteiger partial charge in [0.05, 0.1) is 19.7 Å². The van der Waals surface area contributed by atoms with Crippen LogP contribution in [-0.2, 0) is 0 Å². The predicted octanol–water partition coefficient (Wildman–Crippen LogP) is 2.83. The lowest BCUT2D eigenvalue weighted by Gasteiger charge is -2.07. The van der Waals surface area contributed by atoms with Crippen molar-refractivity contribution < 1.29 is 14.3 Å². The monoisotopic (exact) mass is 297 g/mol. The zero-order chi connectivity index (χ0) is 15.5. The Morgan fingerprint density at radius 2 is 1.77 bits per heavy atom. The van der Waals surface area contributed by atoms with Crippen LogP contribution >= 0.6 is 0 Å². The molecule has 0 saturated carbocycles. The van der Waals surface area contributed by atoms with Crippen molar-refractivity contribution in [2.24, 2.45) is 0 Å². The standard InChI is InChI=1S/C16H15N3O3/c1-21-13-8-11-12(9-14(13)22-2)18-19-15(11)16(20)17-10-6-4-3-5-7-10/h3-9H,1-2H3,(H,17,20)(H,18,19). The van der Waals surface area contributed by atoms with Gasteiger partial charge < -0.3 is 14.8 Å². The molecule has 0 fully saturated rings. The van der Waals surface area contributed by atoms with Crippen LogP contribution in [0, 0.1) is 0 Å². The van der Waals surface area contributed by atoms with Gasteiger partial charge in [-0.3, -0.25) is 9.89 Å². The van der Waals surface area contributed by atoms with Gasteiger partial charge in [-0.05, 0) is 18.2 Å².